The molecular formula is C14H14Cl2N2O. The van der Waals surface area contributed by atoms with E-state index in [4.69, 9.17) is 27.6 Å². The summed E-state index contributed by atoms with van der Waals surface area (Å²) in [6.45, 7) is 2.51. The quantitative estimate of drug-likeness (QED) is 0.661. The summed E-state index contributed by atoms with van der Waals surface area (Å²) in [5.74, 6) is 1.66. The average Bonchev–Trinajstić information content (AvgIpc) is 2.85. The normalized spacial score (nSPS) is 11.1. The predicted molar refractivity (Wildman–Crippen MR) is 79.0 cm³/mol. The molecule has 0 unspecified atom stereocenters. The van der Waals surface area contributed by atoms with Gasteiger partial charge in [-0.2, -0.15) is 5.10 Å². The number of halogens is 2. The highest BCUT2D eigenvalue weighted by Gasteiger charge is 2.03. The SMILES string of the molecule is CCc1ccc(/C=N\NCc2c(Cl)cccc2Cl)o1. The van der Waals surface area contributed by atoms with Crippen molar-refractivity contribution >= 4 is 29.4 Å². The monoisotopic (exact) mass is 296 g/mol. The molecule has 2 rings (SSSR count). The third-order valence-corrected chi connectivity index (χ3v) is 3.34. The van der Waals surface area contributed by atoms with Crippen LogP contribution in [0.15, 0.2) is 39.9 Å². The zero-order chi connectivity index (χ0) is 13.7. The number of benzene rings is 1. The Bertz CT molecular complexity index is 558. The molecular weight excluding hydrogens is 283 g/mol. The summed E-state index contributed by atoms with van der Waals surface area (Å²) in [7, 11) is 0. The molecule has 0 bridgehead atoms. The topological polar surface area (TPSA) is 37.5 Å². The van der Waals surface area contributed by atoms with Crippen molar-refractivity contribution in [1.82, 2.24) is 5.43 Å². The van der Waals surface area contributed by atoms with Crippen LogP contribution in [0.3, 0.4) is 0 Å². The molecule has 5 heteroatoms. The molecule has 0 aliphatic rings. The molecule has 1 heterocycles. The van der Waals surface area contributed by atoms with Crippen LogP contribution in [0.25, 0.3) is 0 Å². The van der Waals surface area contributed by atoms with Crippen LogP contribution in [0.5, 0.6) is 0 Å². The van der Waals surface area contributed by atoms with Crippen molar-refractivity contribution in [3.63, 3.8) is 0 Å². The Morgan fingerprint density at radius 1 is 1.21 bits per heavy atom. The van der Waals surface area contributed by atoms with E-state index < -0.39 is 0 Å². The number of nitrogens with one attached hydrogen (secondary N) is 1. The zero-order valence-electron chi connectivity index (χ0n) is 10.5. The Morgan fingerprint density at radius 3 is 2.58 bits per heavy atom. The van der Waals surface area contributed by atoms with E-state index in [1.807, 2.05) is 25.1 Å². The lowest BCUT2D eigenvalue weighted by molar-refractivity contribution is 0.509. The van der Waals surface area contributed by atoms with Crippen molar-refractivity contribution in [3.8, 4) is 0 Å². The van der Waals surface area contributed by atoms with Gasteiger partial charge < -0.3 is 9.84 Å². The van der Waals surface area contributed by atoms with Gasteiger partial charge in [0.1, 0.15) is 11.5 Å². The Labute approximate surface area is 122 Å². The van der Waals surface area contributed by atoms with Gasteiger partial charge in [0, 0.05) is 22.0 Å². The predicted octanol–water partition coefficient (Wildman–Crippen LogP) is 4.27. The minimum atomic E-state index is 0.469. The molecule has 0 atom stereocenters. The van der Waals surface area contributed by atoms with Gasteiger partial charge in [0.2, 0.25) is 0 Å². The van der Waals surface area contributed by atoms with E-state index in [1.54, 1.807) is 18.3 Å². The molecule has 3 nitrogen and oxygen atoms in total. The number of nitrogens with zero attached hydrogens (tertiary/aromatic N) is 1. The van der Waals surface area contributed by atoms with Crippen molar-refractivity contribution in [2.75, 3.05) is 0 Å². The van der Waals surface area contributed by atoms with Gasteiger partial charge in [-0.05, 0) is 24.3 Å². The van der Waals surface area contributed by atoms with Crippen molar-refractivity contribution in [1.29, 1.82) is 0 Å². The molecule has 1 aromatic heterocycles. The zero-order valence-corrected chi connectivity index (χ0v) is 12.0. The first-order valence-corrected chi connectivity index (χ1v) is 6.74. The van der Waals surface area contributed by atoms with Gasteiger partial charge in [-0.25, -0.2) is 0 Å². The Morgan fingerprint density at radius 2 is 1.95 bits per heavy atom. The minimum absolute atomic E-state index is 0.469. The second-order valence-corrected chi connectivity index (χ2v) is 4.77. The van der Waals surface area contributed by atoms with Gasteiger partial charge in [-0.15, -0.1) is 0 Å². The van der Waals surface area contributed by atoms with Crippen LogP contribution in [-0.2, 0) is 13.0 Å². The number of rotatable bonds is 5. The molecule has 0 saturated heterocycles. The Hall–Kier alpha value is -1.45. The lowest BCUT2D eigenvalue weighted by atomic mass is 10.2. The molecule has 1 N–H and O–H groups in total. The fourth-order valence-electron chi connectivity index (χ4n) is 1.59. The van der Waals surface area contributed by atoms with Crippen molar-refractivity contribution in [2.24, 2.45) is 5.10 Å². The van der Waals surface area contributed by atoms with Gasteiger partial charge >= 0.3 is 0 Å². The average molecular weight is 297 g/mol. The van der Waals surface area contributed by atoms with Crippen molar-refractivity contribution in [2.45, 2.75) is 19.9 Å². The van der Waals surface area contributed by atoms with E-state index in [0.717, 1.165) is 23.5 Å². The van der Waals surface area contributed by atoms with Crippen LogP contribution in [0.2, 0.25) is 10.0 Å². The van der Waals surface area contributed by atoms with Gasteiger partial charge in [-0.1, -0.05) is 36.2 Å². The lowest BCUT2D eigenvalue weighted by Gasteiger charge is -2.05. The van der Waals surface area contributed by atoms with E-state index in [-0.39, 0.29) is 0 Å². The number of hydrogen-bond acceptors (Lipinski definition) is 3. The van der Waals surface area contributed by atoms with E-state index in [0.29, 0.717) is 16.6 Å². The molecule has 0 saturated carbocycles. The molecule has 0 amide bonds. The molecule has 0 spiro atoms. The fraction of sp³-hybridized carbons (Fsp3) is 0.214. The maximum Gasteiger partial charge on any atom is 0.147 e. The number of hydrazone groups is 1. The summed E-state index contributed by atoms with van der Waals surface area (Å²) in [6, 6.07) is 9.23. The van der Waals surface area contributed by atoms with Crippen molar-refractivity contribution < 1.29 is 4.42 Å². The van der Waals surface area contributed by atoms with Gasteiger partial charge in [0.25, 0.3) is 0 Å². The second-order valence-electron chi connectivity index (χ2n) is 3.95. The fourth-order valence-corrected chi connectivity index (χ4v) is 2.12. The third kappa shape index (κ3) is 3.75. The summed E-state index contributed by atoms with van der Waals surface area (Å²) >= 11 is 12.1. The Balaban J connectivity index is 1.93. The highest BCUT2D eigenvalue weighted by molar-refractivity contribution is 6.35. The molecule has 0 fully saturated rings. The van der Waals surface area contributed by atoms with Gasteiger partial charge in [0.15, 0.2) is 0 Å². The van der Waals surface area contributed by atoms with Crippen LogP contribution >= 0.6 is 23.2 Å². The summed E-state index contributed by atoms with van der Waals surface area (Å²) in [6.07, 6.45) is 2.50. The molecule has 0 aliphatic heterocycles. The van der Waals surface area contributed by atoms with E-state index in [9.17, 15) is 0 Å². The molecule has 100 valence electrons. The standard InChI is InChI=1S/C14H14Cl2N2O/c1-2-10-6-7-11(19-10)8-17-18-9-12-13(15)4-3-5-14(12)16/h3-8,18H,2,9H2,1H3/b17-8-. The number of hydrogen-bond donors (Lipinski definition) is 1. The second kappa shape index (κ2) is 6.64. The molecule has 0 aliphatic carbocycles. The molecule has 19 heavy (non-hydrogen) atoms. The summed E-state index contributed by atoms with van der Waals surface area (Å²) in [5.41, 5.74) is 3.73. The van der Waals surface area contributed by atoms with Crippen LogP contribution in [0, 0.1) is 0 Å². The maximum atomic E-state index is 6.05. The van der Waals surface area contributed by atoms with E-state index >= 15 is 0 Å². The number of furan rings is 1. The third-order valence-electron chi connectivity index (χ3n) is 2.63. The van der Waals surface area contributed by atoms with E-state index in [2.05, 4.69) is 10.5 Å². The first kappa shape index (κ1) is 14.0. The van der Waals surface area contributed by atoms with Crippen LogP contribution < -0.4 is 5.43 Å². The smallest absolute Gasteiger partial charge is 0.147 e. The minimum Gasteiger partial charge on any atom is -0.460 e. The lowest BCUT2D eigenvalue weighted by Crippen LogP contribution is -2.06. The molecule has 2 aromatic rings. The summed E-state index contributed by atoms with van der Waals surface area (Å²) in [4.78, 5) is 0. The molecule has 1 aromatic carbocycles. The number of aryl methyl sites for hydroxylation is 1. The molecule has 0 radical (unpaired) electrons. The highest BCUT2D eigenvalue weighted by Crippen LogP contribution is 2.23. The maximum absolute atomic E-state index is 6.05. The van der Waals surface area contributed by atoms with Gasteiger partial charge in [0.05, 0.1) is 12.8 Å². The largest absolute Gasteiger partial charge is 0.460 e. The van der Waals surface area contributed by atoms with Crippen LogP contribution in [0.1, 0.15) is 24.0 Å². The highest BCUT2D eigenvalue weighted by atomic mass is 35.5. The van der Waals surface area contributed by atoms with E-state index in [1.165, 1.54) is 0 Å². The van der Waals surface area contributed by atoms with Gasteiger partial charge in [-0.3, -0.25) is 0 Å². The summed E-state index contributed by atoms with van der Waals surface area (Å²) < 4.78 is 5.49. The Kier molecular flexibility index (Phi) is 4.88. The van der Waals surface area contributed by atoms with Crippen molar-refractivity contribution in [3.05, 3.63) is 57.5 Å². The first-order valence-electron chi connectivity index (χ1n) is 5.98. The van der Waals surface area contributed by atoms with Crippen LogP contribution in [0.4, 0.5) is 0 Å². The summed E-state index contributed by atoms with van der Waals surface area (Å²) in [5, 5.41) is 5.33. The first-order chi connectivity index (χ1) is 9.20. The van der Waals surface area contributed by atoms with Crippen LogP contribution in [-0.4, -0.2) is 6.21 Å².